The molecule has 0 radical (unpaired) electrons. The molecule has 8 heteroatoms. The second-order valence-corrected chi connectivity index (χ2v) is 4.31. The maximum Gasteiger partial charge on any atom is 0.326 e. The van der Waals surface area contributed by atoms with Gasteiger partial charge in [-0.1, -0.05) is 11.6 Å². The van der Waals surface area contributed by atoms with Gasteiger partial charge in [0.05, 0.1) is 6.42 Å². The van der Waals surface area contributed by atoms with Crippen molar-refractivity contribution in [1.82, 2.24) is 5.32 Å². The van der Waals surface area contributed by atoms with Crippen molar-refractivity contribution in [3.8, 4) is 5.75 Å². The van der Waals surface area contributed by atoms with Crippen molar-refractivity contribution in [3.05, 3.63) is 29.3 Å². The van der Waals surface area contributed by atoms with Gasteiger partial charge in [0.15, 0.2) is 6.61 Å². The molecule has 0 fully saturated rings. The highest BCUT2D eigenvalue weighted by molar-refractivity contribution is 6.30. The number of carboxylic acids is 1. The van der Waals surface area contributed by atoms with E-state index in [1.165, 1.54) is 0 Å². The molecule has 1 atom stereocenters. The topological polar surface area (TPSA) is 119 Å². The number of amides is 2. The van der Waals surface area contributed by atoms with Gasteiger partial charge in [-0.2, -0.15) is 0 Å². The lowest BCUT2D eigenvalue weighted by Gasteiger charge is -2.13. The van der Waals surface area contributed by atoms with Crippen LogP contribution in [0.3, 0.4) is 0 Å². The number of hydrogen-bond acceptors (Lipinski definition) is 4. The number of hydrogen-bond donors (Lipinski definition) is 3. The van der Waals surface area contributed by atoms with Crippen LogP contribution in [0.25, 0.3) is 0 Å². The third-order valence-corrected chi connectivity index (χ3v) is 2.47. The molecule has 4 N–H and O–H groups in total. The van der Waals surface area contributed by atoms with Crippen LogP contribution >= 0.6 is 11.6 Å². The molecule has 7 nitrogen and oxygen atoms in total. The standard InChI is InChI=1S/C12H13ClN2O5/c13-7-1-3-8(4-2-7)20-6-11(17)15-9(12(18)19)5-10(14)16/h1-4,9H,5-6H2,(H2,14,16)(H,15,17)(H,18,19)/t9-/m1/s1. The number of benzene rings is 1. The van der Waals surface area contributed by atoms with Crippen LogP contribution in [0.4, 0.5) is 0 Å². The smallest absolute Gasteiger partial charge is 0.326 e. The molecule has 0 saturated carbocycles. The molecule has 0 spiro atoms. The van der Waals surface area contributed by atoms with Crippen LogP contribution in [-0.4, -0.2) is 35.5 Å². The molecule has 2 amide bonds. The maximum absolute atomic E-state index is 11.5. The van der Waals surface area contributed by atoms with Crippen molar-refractivity contribution < 1.29 is 24.2 Å². The highest BCUT2D eigenvalue weighted by Crippen LogP contribution is 2.15. The lowest BCUT2D eigenvalue weighted by atomic mass is 10.2. The van der Waals surface area contributed by atoms with Crippen molar-refractivity contribution in [3.63, 3.8) is 0 Å². The summed E-state index contributed by atoms with van der Waals surface area (Å²) in [5.74, 6) is -2.43. The fourth-order valence-corrected chi connectivity index (χ4v) is 1.44. The van der Waals surface area contributed by atoms with Crippen molar-refractivity contribution in [2.45, 2.75) is 12.5 Å². The van der Waals surface area contributed by atoms with Crippen LogP contribution in [0.2, 0.25) is 5.02 Å². The van der Waals surface area contributed by atoms with Crippen LogP contribution in [0, 0.1) is 0 Å². The minimum atomic E-state index is -1.37. The SMILES string of the molecule is NC(=O)C[C@@H](NC(=O)COc1ccc(Cl)cc1)C(=O)O. The van der Waals surface area contributed by atoms with E-state index in [0.29, 0.717) is 10.8 Å². The number of carboxylic acid groups (broad SMARTS) is 1. The van der Waals surface area contributed by atoms with Crippen LogP contribution in [0.15, 0.2) is 24.3 Å². The number of ether oxygens (including phenoxy) is 1. The third kappa shape index (κ3) is 5.57. The van der Waals surface area contributed by atoms with Gasteiger partial charge in [0.2, 0.25) is 5.91 Å². The molecule has 0 bridgehead atoms. The lowest BCUT2D eigenvalue weighted by molar-refractivity contribution is -0.143. The van der Waals surface area contributed by atoms with Gasteiger partial charge in [-0.3, -0.25) is 9.59 Å². The fourth-order valence-electron chi connectivity index (χ4n) is 1.32. The predicted octanol–water partition coefficient (Wildman–Crippen LogP) is 0.164. The Bertz CT molecular complexity index is 503. The van der Waals surface area contributed by atoms with E-state index in [9.17, 15) is 14.4 Å². The largest absolute Gasteiger partial charge is 0.484 e. The summed E-state index contributed by atoms with van der Waals surface area (Å²) in [5.41, 5.74) is 4.89. The number of nitrogens with two attached hydrogens (primary N) is 1. The summed E-state index contributed by atoms with van der Waals surface area (Å²) in [7, 11) is 0. The molecule has 0 aliphatic heterocycles. The molecule has 0 saturated heterocycles. The molecule has 1 aromatic carbocycles. The molecule has 0 unspecified atom stereocenters. The van der Waals surface area contributed by atoms with Gasteiger partial charge in [-0.05, 0) is 24.3 Å². The number of rotatable bonds is 7. The molecule has 0 aliphatic carbocycles. The summed E-state index contributed by atoms with van der Waals surface area (Å²) in [6.07, 6.45) is -0.484. The molecular weight excluding hydrogens is 288 g/mol. The molecule has 1 aromatic rings. The van der Waals surface area contributed by atoms with E-state index in [1.807, 2.05) is 0 Å². The number of primary amides is 1. The number of aliphatic carboxylic acids is 1. The summed E-state index contributed by atoms with van der Waals surface area (Å²) in [6, 6.07) is 4.93. The van der Waals surface area contributed by atoms with Gasteiger partial charge in [-0.25, -0.2) is 4.79 Å². The first-order valence-corrected chi connectivity index (χ1v) is 5.95. The Morgan fingerprint density at radius 2 is 1.90 bits per heavy atom. The number of nitrogens with one attached hydrogen (secondary N) is 1. The Labute approximate surface area is 119 Å². The van der Waals surface area contributed by atoms with Gasteiger partial charge in [0.1, 0.15) is 11.8 Å². The number of halogens is 1. The van der Waals surface area contributed by atoms with E-state index in [-0.39, 0.29) is 6.61 Å². The quantitative estimate of drug-likeness (QED) is 0.663. The minimum absolute atomic E-state index is 0.385. The number of carbonyl (C=O) groups excluding carboxylic acids is 2. The van der Waals surface area contributed by atoms with Gasteiger partial charge < -0.3 is 20.9 Å². The second kappa shape index (κ2) is 7.34. The molecule has 20 heavy (non-hydrogen) atoms. The summed E-state index contributed by atoms with van der Waals surface area (Å²) < 4.78 is 5.13. The van der Waals surface area contributed by atoms with Crippen molar-refractivity contribution >= 4 is 29.4 Å². The fraction of sp³-hybridized carbons (Fsp3) is 0.250. The van der Waals surface area contributed by atoms with E-state index in [4.69, 9.17) is 27.2 Å². The second-order valence-electron chi connectivity index (χ2n) is 3.87. The molecule has 108 valence electrons. The van der Waals surface area contributed by atoms with E-state index >= 15 is 0 Å². The van der Waals surface area contributed by atoms with Crippen LogP contribution < -0.4 is 15.8 Å². The Balaban J connectivity index is 2.47. The minimum Gasteiger partial charge on any atom is -0.484 e. The predicted molar refractivity (Wildman–Crippen MR) is 70.3 cm³/mol. The Morgan fingerprint density at radius 1 is 1.30 bits per heavy atom. The van der Waals surface area contributed by atoms with Crippen LogP contribution in [0.5, 0.6) is 5.75 Å². The highest BCUT2D eigenvalue weighted by atomic mass is 35.5. The summed E-state index contributed by atoms with van der Waals surface area (Å²) in [6.45, 7) is -0.385. The first-order chi connectivity index (χ1) is 9.38. The van der Waals surface area contributed by atoms with Crippen molar-refractivity contribution in [2.75, 3.05) is 6.61 Å². The maximum atomic E-state index is 11.5. The monoisotopic (exact) mass is 300 g/mol. The summed E-state index contributed by atoms with van der Waals surface area (Å²) >= 11 is 5.68. The molecular formula is C12H13ClN2O5. The first kappa shape index (κ1) is 15.8. The molecule has 1 rings (SSSR count). The average Bonchev–Trinajstić information content (AvgIpc) is 2.36. The van der Waals surface area contributed by atoms with Gasteiger partial charge in [0, 0.05) is 5.02 Å². The average molecular weight is 301 g/mol. The molecule has 0 aromatic heterocycles. The first-order valence-electron chi connectivity index (χ1n) is 5.57. The van der Waals surface area contributed by atoms with E-state index in [0.717, 1.165) is 0 Å². The van der Waals surface area contributed by atoms with Crippen molar-refractivity contribution in [2.24, 2.45) is 5.73 Å². The zero-order valence-electron chi connectivity index (χ0n) is 10.3. The Hall–Kier alpha value is -2.28. The van der Waals surface area contributed by atoms with Crippen LogP contribution in [0.1, 0.15) is 6.42 Å². The molecule has 0 aliphatic rings. The van der Waals surface area contributed by atoms with Crippen molar-refractivity contribution in [1.29, 1.82) is 0 Å². The zero-order chi connectivity index (χ0) is 15.1. The van der Waals surface area contributed by atoms with E-state index in [1.54, 1.807) is 24.3 Å². The Morgan fingerprint density at radius 3 is 2.40 bits per heavy atom. The summed E-state index contributed by atoms with van der Waals surface area (Å²) in [4.78, 5) is 33.0. The highest BCUT2D eigenvalue weighted by Gasteiger charge is 2.22. The van der Waals surface area contributed by atoms with Gasteiger partial charge in [-0.15, -0.1) is 0 Å². The normalized spacial score (nSPS) is 11.4. The van der Waals surface area contributed by atoms with Gasteiger partial charge >= 0.3 is 5.97 Å². The third-order valence-electron chi connectivity index (χ3n) is 2.22. The molecule has 0 heterocycles. The van der Waals surface area contributed by atoms with Crippen LogP contribution in [-0.2, 0) is 14.4 Å². The summed E-state index contributed by atoms with van der Waals surface area (Å²) in [5, 5.41) is 11.5. The number of carbonyl (C=O) groups is 3. The van der Waals surface area contributed by atoms with E-state index in [2.05, 4.69) is 5.32 Å². The zero-order valence-corrected chi connectivity index (χ0v) is 11.1. The Kier molecular flexibility index (Phi) is 5.79. The van der Waals surface area contributed by atoms with Gasteiger partial charge in [0.25, 0.3) is 5.91 Å². The lowest BCUT2D eigenvalue weighted by Crippen LogP contribution is -2.45. The van der Waals surface area contributed by atoms with E-state index < -0.39 is 30.2 Å².